The number of aromatic nitrogens is 1. The molecule has 3 heterocycles. The van der Waals surface area contributed by atoms with Gasteiger partial charge in [-0.1, -0.05) is 388 Å². The van der Waals surface area contributed by atoms with Crippen molar-refractivity contribution in [1.82, 2.24) is 4.57 Å². The van der Waals surface area contributed by atoms with E-state index in [2.05, 4.69) is 432 Å². The lowest BCUT2D eigenvalue weighted by atomic mass is 9.33. The predicted molar refractivity (Wildman–Crippen MR) is 459 cm³/mol. The second-order valence-electron chi connectivity index (χ2n) is 30.8. The van der Waals surface area contributed by atoms with Gasteiger partial charge in [0.15, 0.2) is 8.07 Å². The van der Waals surface area contributed by atoms with Crippen molar-refractivity contribution < 1.29 is 0 Å². The van der Waals surface area contributed by atoms with E-state index in [-0.39, 0.29) is 17.5 Å². The molecule has 2 aliphatic rings. The van der Waals surface area contributed by atoms with Crippen LogP contribution in [0.2, 0.25) is 0 Å². The van der Waals surface area contributed by atoms with E-state index < -0.39 is 25.7 Å². The first-order valence-corrected chi connectivity index (χ1v) is 42.6. The van der Waals surface area contributed by atoms with E-state index in [0.717, 1.165) is 28.4 Å². The summed E-state index contributed by atoms with van der Waals surface area (Å²) >= 11 is 0. The molecule has 0 unspecified atom stereocenters. The first-order chi connectivity index (χ1) is 51.4. The molecule has 0 saturated carbocycles. The van der Waals surface area contributed by atoms with Crippen molar-refractivity contribution in [2.24, 2.45) is 0 Å². The van der Waals surface area contributed by atoms with Crippen molar-refractivity contribution in [2.75, 3.05) is 9.80 Å². The SMILES string of the molecule is CC(C)(C)c1cc(-c2cccc(N3c4ccc([Si](c5ccccc5)(c5ccccc5)c5ccccc5)cc4B4c5ccc([SiH](c6ccccc6)c6ccccc6)cc5N(c5cccc([SiH](c6ccccc6)c6ccccc6)c5)c5cc(-n6c7ccccc7c7ccccc76)cc3c54)c2)cc(C(C)(C)C)c1. The minimum absolute atomic E-state index is 0.0723. The molecule has 18 rings (SSSR count). The van der Waals surface area contributed by atoms with Gasteiger partial charge in [-0.2, -0.15) is 0 Å². The van der Waals surface area contributed by atoms with Gasteiger partial charge in [0.1, 0.15) is 17.6 Å². The van der Waals surface area contributed by atoms with Gasteiger partial charge >= 0.3 is 0 Å². The Labute approximate surface area is 623 Å². The molecule has 0 radical (unpaired) electrons. The van der Waals surface area contributed by atoms with Crippen LogP contribution in [0, 0.1) is 0 Å². The highest BCUT2D eigenvalue weighted by Gasteiger charge is 2.48. The van der Waals surface area contributed by atoms with E-state index in [9.17, 15) is 0 Å². The molecule has 0 aliphatic carbocycles. The van der Waals surface area contributed by atoms with E-state index in [0.29, 0.717) is 0 Å². The molecular formula is C98H82BN3Si3. The first kappa shape index (κ1) is 65.4. The lowest BCUT2D eigenvalue weighted by Crippen LogP contribution is -2.75. The molecular weight excluding hydrogens is 1310 g/mol. The molecule has 1 aromatic heterocycles. The number of hydrogen-bond donors (Lipinski definition) is 0. The average Bonchev–Trinajstić information content (AvgIpc) is 1.56. The van der Waals surface area contributed by atoms with E-state index in [4.69, 9.17) is 0 Å². The van der Waals surface area contributed by atoms with Gasteiger partial charge in [0, 0.05) is 44.9 Å². The van der Waals surface area contributed by atoms with Crippen LogP contribution >= 0.6 is 0 Å². The van der Waals surface area contributed by atoms with Gasteiger partial charge in [0.05, 0.1) is 16.7 Å². The van der Waals surface area contributed by atoms with E-state index >= 15 is 0 Å². The Balaban J connectivity index is 0.990. The Morgan fingerprint density at radius 3 is 1.15 bits per heavy atom. The molecule has 0 atom stereocenters. The maximum absolute atomic E-state index is 3.14. The maximum Gasteiger partial charge on any atom is 0.252 e. The number of fused-ring (bicyclic) bond motifs is 7. The van der Waals surface area contributed by atoms with Gasteiger partial charge in [-0.15, -0.1) is 0 Å². The number of benzene rings is 15. The van der Waals surface area contributed by atoms with Gasteiger partial charge in [-0.3, -0.25) is 0 Å². The van der Waals surface area contributed by atoms with Crippen molar-refractivity contribution in [3.05, 3.63) is 387 Å². The standard InChI is InChI=1S/C98H82BN3Si3/c1-97(2,3)71-60-70(61-72(63-71)98(4,5)6)69-34-32-35-73(62-69)100-92-59-57-85(105(82-46-22-11-23-47-82,83-48-24-12-25-49-83)84-50-26-13-27-51-84)68-89(92)99-88-58-56-81(104(78-41-18-9-19-42-78)79-43-20-10-21-44-79)67-93(88)101(74-36-33-45-80(64-74)103(76-37-14-7-15-38-76)77-39-16-8-17-40-77)95-66-75(65-94(100)96(95)99)102-90-54-30-28-52-86(90)87-53-29-31-55-91(87)102/h7-68,103-104H,1-6H3. The first-order valence-electron chi connectivity index (χ1n) is 37.1. The number of anilines is 6. The quantitative estimate of drug-likeness (QED) is 0.0794. The monoisotopic (exact) mass is 1400 g/mol. The molecule has 105 heavy (non-hydrogen) atoms. The highest BCUT2D eigenvalue weighted by atomic mass is 28.3. The van der Waals surface area contributed by atoms with E-state index in [1.165, 1.54) is 124 Å². The Morgan fingerprint density at radius 1 is 0.267 bits per heavy atom. The number of rotatable bonds is 14. The molecule has 0 spiro atoms. The van der Waals surface area contributed by atoms with Crippen LogP contribution in [0.15, 0.2) is 376 Å². The molecule has 3 nitrogen and oxygen atoms in total. The van der Waals surface area contributed by atoms with Gasteiger partial charge in [-0.05, 0) is 131 Å². The largest absolute Gasteiger partial charge is 0.311 e. The Hall–Kier alpha value is -11.6. The molecule has 0 bridgehead atoms. The lowest BCUT2D eigenvalue weighted by molar-refractivity contribution is 0.569. The zero-order valence-corrected chi connectivity index (χ0v) is 63.7. The molecule has 0 saturated heterocycles. The van der Waals surface area contributed by atoms with Crippen LogP contribution in [0.25, 0.3) is 38.6 Å². The summed E-state index contributed by atoms with van der Waals surface area (Å²) in [5, 5.41) is 16.1. The molecule has 0 N–H and O–H groups in total. The van der Waals surface area contributed by atoms with E-state index in [1.807, 2.05) is 0 Å². The van der Waals surface area contributed by atoms with Gasteiger partial charge in [0.25, 0.3) is 6.71 Å². The predicted octanol–water partition coefficient (Wildman–Crippen LogP) is 15.0. The molecule has 7 heteroatoms. The third-order valence-electron chi connectivity index (χ3n) is 22.4. The molecule has 504 valence electrons. The minimum Gasteiger partial charge on any atom is -0.311 e. The van der Waals surface area contributed by atoms with Gasteiger partial charge < -0.3 is 14.4 Å². The zero-order chi connectivity index (χ0) is 71.0. The van der Waals surface area contributed by atoms with Crippen molar-refractivity contribution in [2.45, 2.75) is 52.4 Å². The molecule has 0 fully saturated rings. The fraction of sp³-hybridized carbons (Fsp3) is 0.0816. The van der Waals surface area contributed by atoms with E-state index in [1.54, 1.807) is 0 Å². The van der Waals surface area contributed by atoms with Gasteiger partial charge in [-0.25, -0.2) is 0 Å². The Bertz CT molecular complexity index is 5640. The summed E-state index contributed by atoms with van der Waals surface area (Å²) in [4.78, 5) is 5.38. The van der Waals surface area contributed by atoms with Crippen molar-refractivity contribution >= 4 is 157 Å². The van der Waals surface area contributed by atoms with Crippen molar-refractivity contribution in [3.8, 4) is 16.8 Å². The number of para-hydroxylation sites is 2. The minimum atomic E-state index is -3.14. The zero-order valence-electron chi connectivity index (χ0n) is 60.4. The Kier molecular flexibility index (Phi) is 16.6. The van der Waals surface area contributed by atoms with Crippen LogP contribution in [0.1, 0.15) is 52.7 Å². The van der Waals surface area contributed by atoms with Crippen LogP contribution in [0.3, 0.4) is 0 Å². The lowest BCUT2D eigenvalue weighted by Gasteiger charge is -2.45. The summed E-state index contributed by atoms with van der Waals surface area (Å²) in [5.41, 5.74) is 19.1. The van der Waals surface area contributed by atoms with Crippen molar-refractivity contribution in [1.29, 1.82) is 0 Å². The number of hydrogen-bond acceptors (Lipinski definition) is 2. The molecule has 15 aromatic carbocycles. The number of nitrogens with zero attached hydrogens (tertiary/aromatic N) is 3. The highest BCUT2D eigenvalue weighted by molar-refractivity contribution is 7.20. The Morgan fingerprint density at radius 2 is 0.676 bits per heavy atom. The fourth-order valence-electron chi connectivity index (χ4n) is 17.4. The second-order valence-corrected chi connectivity index (χ2v) is 40.3. The summed E-state index contributed by atoms with van der Waals surface area (Å²) in [6.07, 6.45) is 0. The molecule has 0 amide bonds. The maximum atomic E-state index is 2.71. The molecule has 16 aromatic rings. The van der Waals surface area contributed by atoms with Crippen LogP contribution in [0.5, 0.6) is 0 Å². The summed E-state index contributed by atoms with van der Waals surface area (Å²) < 4.78 is 2.55. The van der Waals surface area contributed by atoms with Crippen LogP contribution in [0.4, 0.5) is 34.1 Å². The normalized spacial score (nSPS) is 12.8. The van der Waals surface area contributed by atoms with Crippen LogP contribution < -0.4 is 78.1 Å². The van der Waals surface area contributed by atoms with Crippen LogP contribution in [-0.4, -0.2) is 36.9 Å². The summed E-state index contributed by atoms with van der Waals surface area (Å²) in [5.74, 6) is 0. The van der Waals surface area contributed by atoms with Crippen LogP contribution in [-0.2, 0) is 10.8 Å². The highest BCUT2D eigenvalue weighted by Crippen LogP contribution is 2.47. The fourth-order valence-corrected chi connectivity index (χ4v) is 28.2. The summed E-state index contributed by atoms with van der Waals surface area (Å²) in [6.45, 7) is 13.9. The van der Waals surface area contributed by atoms with Gasteiger partial charge in [0.2, 0.25) is 0 Å². The molecule has 2 aliphatic heterocycles. The third kappa shape index (κ3) is 11.5. The van der Waals surface area contributed by atoms with Crippen molar-refractivity contribution in [3.63, 3.8) is 0 Å². The second kappa shape index (κ2) is 26.6. The third-order valence-corrected chi connectivity index (χ3v) is 33.4. The summed E-state index contributed by atoms with van der Waals surface area (Å²) in [7, 11) is -7.36. The average molecular weight is 1400 g/mol. The topological polar surface area (TPSA) is 11.4 Å². The summed E-state index contributed by atoms with van der Waals surface area (Å²) in [6, 6.07) is 145. The smallest absolute Gasteiger partial charge is 0.252 e.